The van der Waals surface area contributed by atoms with Crippen LogP contribution < -0.4 is 4.90 Å². The summed E-state index contributed by atoms with van der Waals surface area (Å²) in [4.78, 5) is 6.51. The molecule has 0 N–H and O–H groups in total. The van der Waals surface area contributed by atoms with Gasteiger partial charge < -0.3 is 9.80 Å². The van der Waals surface area contributed by atoms with E-state index in [1.54, 1.807) is 36.4 Å². The first kappa shape index (κ1) is 69.5. The quantitative estimate of drug-likeness (QED) is 0.0718. The molecule has 0 amide bonds. The third-order valence-electron chi connectivity index (χ3n) is 26.8. The highest BCUT2D eigenvalue weighted by atomic mass is 32.2. The van der Waals surface area contributed by atoms with Crippen LogP contribution in [0.5, 0.6) is 0 Å². The number of nitrogens with zero attached hydrogens (tertiary/aromatic N) is 2. The van der Waals surface area contributed by atoms with Crippen LogP contribution in [0.3, 0.4) is 0 Å². The molecule has 14 atom stereocenters. The molecule has 13 aliphatic carbocycles. The van der Waals surface area contributed by atoms with Crippen LogP contribution in [0.4, 0.5) is 23.2 Å². The summed E-state index contributed by atoms with van der Waals surface area (Å²) in [5.41, 5.74) is 23.7. The van der Waals surface area contributed by atoms with Crippen molar-refractivity contribution in [3.63, 3.8) is 0 Å². The van der Waals surface area contributed by atoms with Crippen molar-refractivity contribution >= 4 is 23.5 Å². The molecule has 0 bridgehead atoms. The lowest BCUT2D eigenvalue weighted by Gasteiger charge is -2.44. The largest absolute Gasteiger partial charge is 0.335 e. The summed E-state index contributed by atoms with van der Waals surface area (Å²) in [6, 6.07) is 40.1. The van der Waals surface area contributed by atoms with Crippen molar-refractivity contribution in [3.05, 3.63) is 422 Å². The maximum Gasteiger partial charge on any atom is 0.123 e. The van der Waals surface area contributed by atoms with E-state index in [0.717, 1.165) is 110 Å². The molecule has 19 rings (SSSR count). The van der Waals surface area contributed by atoms with Crippen molar-refractivity contribution in [2.24, 2.45) is 41.4 Å². The molecule has 1 fully saturated rings. The molecule has 2 nitrogen and oxygen atoms in total. The molecule has 14 aliphatic rings. The van der Waals surface area contributed by atoms with Gasteiger partial charge in [0.2, 0.25) is 0 Å². The Balaban J connectivity index is 0.736. The highest BCUT2D eigenvalue weighted by molar-refractivity contribution is 8.00. The normalized spacial score (nSPS) is 30.8. The van der Waals surface area contributed by atoms with E-state index in [1.807, 2.05) is 36.0 Å². The van der Waals surface area contributed by atoms with Gasteiger partial charge in [0.1, 0.15) is 23.6 Å². The van der Waals surface area contributed by atoms with E-state index >= 15 is 8.78 Å². The molecule has 109 heavy (non-hydrogen) atoms. The molecule has 0 spiro atoms. The second-order valence-electron chi connectivity index (χ2n) is 32.4. The summed E-state index contributed by atoms with van der Waals surface area (Å²) < 4.78 is 59.5. The average molecular weight is 1450 g/mol. The first-order chi connectivity index (χ1) is 53.5. The lowest BCUT2D eigenvalue weighted by molar-refractivity contribution is 0.308. The minimum atomic E-state index is -0.760. The Morgan fingerprint density at radius 3 is 2.01 bits per heavy atom. The zero-order valence-corrected chi connectivity index (χ0v) is 62.6. The second kappa shape index (κ2) is 28.8. The maximum absolute atomic E-state index is 15.4. The van der Waals surface area contributed by atoms with E-state index in [1.165, 1.54) is 77.4 Å². The van der Waals surface area contributed by atoms with Gasteiger partial charge in [-0.15, -0.1) is 18.3 Å². The van der Waals surface area contributed by atoms with Crippen LogP contribution in [-0.2, 0) is 10.8 Å². The topological polar surface area (TPSA) is 6.48 Å². The Morgan fingerprint density at radius 2 is 1.27 bits per heavy atom. The number of alkyl halides is 1. The van der Waals surface area contributed by atoms with Crippen LogP contribution in [0.1, 0.15) is 141 Å². The lowest BCUT2D eigenvalue weighted by Crippen LogP contribution is -2.40. The van der Waals surface area contributed by atoms with E-state index in [4.69, 9.17) is 0 Å². The second-order valence-corrected chi connectivity index (χ2v) is 33.6. The van der Waals surface area contributed by atoms with Gasteiger partial charge in [0, 0.05) is 79.0 Å². The molecular formula is C102H92F4N2S. The zero-order chi connectivity index (χ0) is 73.5. The molecule has 5 aromatic rings. The van der Waals surface area contributed by atoms with Gasteiger partial charge in [-0.05, 0) is 265 Å². The van der Waals surface area contributed by atoms with Crippen LogP contribution in [-0.4, -0.2) is 22.4 Å². The van der Waals surface area contributed by atoms with Crippen molar-refractivity contribution in [2.75, 3.05) is 4.90 Å². The van der Waals surface area contributed by atoms with Crippen LogP contribution in [0.2, 0.25) is 0 Å². The Morgan fingerprint density at radius 1 is 0.514 bits per heavy atom. The molecule has 5 aromatic carbocycles. The maximum atomic E-state index is 15.4. The third-order valence-corrected chi connectivity index (χ3v) is 28.2. The van der Waals surface area contributed by atoms with Gasteiger partial charge in [0.15, 0.2) is 0 Å². The molecule has 0 aromatic heterocycles. The Bertz CT molecular complexity index is 5240. The lowest BCUT2D eigenvalue weighted by atomic mass is 9.60. The predicted molar refractivity (Wildman–Crippen MR) is 441 cm³/mol. The number of fused-ring (bicyclic) bond motifs is 9. The Labute approximate surface area is 645 Å². The first-order valence-corrected chi connectivity index (χ1v) is 41.0. The summed E-state index contributed by atoms with van der Waals surface area (Å²) in [7, 11) is 0. The van der Waals surface area contributed by atoms with Gasteiger partial charge >= 0.3 is 0 Å². The fourth-order valence-corrected chi connectivity index (χ4v) is 22.9. The number of thioether (sulfide) groups is 1. The summed E-state index contributed by atoms with van der Waals surface area (Å²) in [6.07, 6.45) is 78.4. The molecule has 7 heteroatoms. The van der Waals surface area contributed by atoms with Crippen LogP contribution in [0, 0.1) is 53.1 Å². The fourth-order valence-electron chi connectivity index (χ4n) is 21.6. The number of benzene rings is 5. The van der Waals surface area contributed by atoms with Gasteiger partial charge in [-0.2, -0.15) is 0 Å². The molecule has 1 aliphatic heterocycles. The first-order valence-electron chi connectivity index (χ1n) is 40.1. The Hall–Kier alpha value is -9.95. The summed E-state index contributed by atoms with van der Waals surface area (Å²) in [5, 5.41) is 0.169. The predicted octanol–water partition coefficient (Wildman–Crippen LogP) is 25.9. The van der Waals surface area contributed by atoms with Crippen LogP contribution in [0.25, 0.3) is 6.08 Å². The SMILES string of the molecule is C=Cc1ccc(C2(c3ccc(F)cc3)C3C=CC=CC3C3C=CC(N(C4=CC5c6cc(N(C7=CC8C(C=C7)c7ccccc7C8(C7=CCC(C=C)CC7)c7ccc(F)cc7)C7=CC=C(C8=CCCC(C9C=CC(F)=CC9)=C8)CC7)ccc6SC5C=C4)C4C=CC(C5=CC(C6=CCC(F)CC6)=CCC5)=CC4)=CC32)cc1. The highest BCUT2D eigenvalue weighted by Crippen LogP contribution is 2.65. The fraction of sp³-hybridized carbons (Fsp3) is 0.275. The smallest absolute Gasteiger partial charge is 0.123 e. The minimum Gasteiger partial charge on any atom is -0.335 e. The molecule has 0 radical (unpaired) electrons. The van der Waals surface area contributed by atoms with E-state index in [9.17, 15) is 8.78 Å². The average Bonchev–Trinajstić information content (AvgIpc) is 1.55. The van der Waals surface area contributed by atoms with E-state index < -0.39 is 17.0 Å². The molecule has 0 saturated heterocycles. The number of anilines is 1. The van der Waals surface area contributed by atoms with Crippen molar-refractivity contribution in [1.82, 2.24) is 4.90 Å². The molecule has 544 valence electrons. The van der Waals surface area contributed by atoms with Gasteiger partial charge in [-0.3, -0.25) is 0 Å². The highest BCUT2D eigenvalue weighted by Gasteiger charge is 2.60. The van der Waals surface area contributed by atoms with E-state index in [0.29, 0.717) is 25.2 Å². The minimum absolute atomic E-state index is 0.00787. The van der Waals surface area contributed by atoms with Crippen molar-refractivity contribution < 1.29 is 17.6 Å². The number of halogens is 4. The van der Waals surface area contributed by atoms with Crippen molar-refractivity contribution in [1.29, 1.82) is 0 Å². The van der Waals surface area contributed by atoms with Crippen molar-refractivity contribution in [2.45, 2.75) is 135 Å². The summed E-state index contributed by atoms with van der Waals surface area (Å²) in [6.45, 7) is 8.40. The van der Waals surface area contributed by atoms with Gasteiger partial charge in [0.25, 0.3) is 0 Å². The standard InChI is InChI=1S/C102H92F4N2S/c1-3-65-19-31-75(32-20-65)101(77-35-43-81(105)44-36-77)95-17-7-5-15-89(95)91-55-51-87(63-97(91)101)107(83-47-27-69(28-48-83)73-13-9-11-71(59-73)67-23-39-79(103)40-24-67)85-53-57-99-93(61-85)94-62-86(54-58-100(94)109-99)108(84-49-29-70(30-50-84)74-14-10-12-72(60-74)68-25-41-80(104)42-26-68)88-52-56-92-90-16-6-8-18-96(90)102(98(92)64-88,78-37-45-82(106)46-38-78)76-33-21-66(4-2)22-34-76/h3-8,11,14-20,23,25,27-29,31-33,35-38,41-47,49,51-64,66,68,79,83,89,91-93,95,97-99H,1-2,9-10,12-13,21-22,24,26,30,34,39-40,48,50H2. The number of hydrogen-bond acceptors (Lipinski definition) is 3. The van der Waals surface area contributed by atoms with Crippen LogP contribution in [0.15, 0.2) is 377 Å². The Kier molecular flexibility index (Phi) is 18.4. The van der Waals surface area contributed by atoms with Crippen LogP contribution >= 0.6 is 11.8 Å². The molecular weight excluding hydrogens is 1360 g/mol. The van der Waals surface area contributed by atoms with E-state index in [-0.39, 0.29) is 76.1 Å². The molecule has 14 unspecified atom stereocenters. The molecule has 1 saturated carbocycles. The third kappa shape index (κ3) is 12.2. The molecule has 1 heterocycles. The number of rotatable bonds is 16. The number of allylic oxidation sites excluding steroid dienone is 35. The van der Waals surface area contributed by atoms with E-state index in [2.05, 4.69) is 254 Å². The monoisotopic (exact) mass is 1450 g/mol. The van der Waals surface area contributed by atoms with Crippen molar-refractivity contribution in [3.8, 4) is 0 Å². The van der Waals surface area contributed by atoms with Gasteiger partial charge in [-0.1, -0.05) is 230 Å². The zero-order valence-electron chi connectivity index (χ0n) is 61.8. The number of hydrogen-bond donors (Lipinski definition) is 0. The summed E-state index contributed by atoms with van der Waals surface area (Å²) >= 11 is 1.96. The summed E-state index contributed by atoms with van der Waals surface area (Å²) in [5.74, 6) is 0.543. The van der Waals surface area contributed by atoms with Gasteiger partial charge in [-0.25, -0.2) is 17.6 Å². The van der Waals surface area contributed by atoms with Gasteiger partial charge in [0.05, 0.1) is 6.04 Å².